The minimum absolute atomic E-state index is 0.0409. The van der Waals surface area contributed by atoms with Crippen LogP contribution in [0.5, 0.6) is 0 Å². The molecule has 0 unspecified atom stereocenters. The number of nitriles is 1. The van der Waals surface area contributed by atoms with Gasteiger partial charge in [-0.25, -0.2) is 4.98 Å². The second-order valence-corrected chi connectivity index (χ2v) is 5.19. The quantitative estimate of drug-likeness (QED) is 0.798. The molecule has 2 aliphatic rings. The van der Waals surface area contributed by atoms with Crippen LogP contribution in [0.4, 0.5) is 0 Å². The van der Waals surface area contributed by atoms with E-state index in [-0.39, 0.29) is 5.91 Å². The van der Waals surface area contributed by atoms with E-state index in [4.69, 9.17) is 5.26 Å². The average Bonchev–Trinajstić information content (AvgIpc) is 2.47. The van der Waals surface area contributed by atoms with Crippen molar-refractivity contribution in [2.75, 3.05) is 39.3 Å². The molecule has 3 rings (SSSR count). The summed E-state index contributed by atoms with van der Waals surface area (Å²) in [4.78, 5) is 20.5. The Bertz CT molecular complexity index is 523. The molecule has 1 N–H and O–H groups in total. The van der Waals surface area contributed by atoms with Gasteiger partial charge in [-0.15, -0.1) is 0 Å². The van der Waals surface area contributed by atoms with Gasteiger partial charge in [0.05, 0.1) is 5.56 Å². The Morgan fingerprint density at radius 1 is 1.35 bits per heavy atom. The number of hydrogen-bond donors (Lipinski definition) is 1. The Hall–Kier alpha value is -1.97. The van der Waals surface area contributed by atoms with Crippen LogP contribution in [0, 0.1) is 11.3 Å². The van der Waals surface area contributed by atoms with Gasteiger partial charge < -0.3 is 10.2 Å². The van der Waals surface area contributed by atoms with Crippen molar-refractivity contribution in [3.63, 3.8) is 0 Å². The molecule has 0 saturated carbocycles. The molecule has 6 heteroatoms. The van der Waals surface area contributed by atoms with Crippen molar-refractivity contribution in [2.24, 2.45) is 0 Å². The summed E-state index contributed by atoms with van der Waals surface area (Å²) in [6.45, 7) is 5.73. The molecule has 1 amide bonds. The number of aromatic nitrogens is 1. The molecule has 0 spiro atoms. The van der Waals surface area contributed by atoms with Crippen molar-refractivity contribution in [1.82, 2.24) is 20.1 Å². The molecule has 0 aromatic carbocycles. The molecule has 20 heavy (non-hydrogen) atoms. The summed E-state index contributed by atoms with van der Waals surface area (Å²) >= 11 is 0. The lowest BCUT2D eigenvalue weighted by Gasteiger charge is -2.46. The lowest BCUT2D eigenvalue weighted by atomic mass is 10.1. The molecule has 0 bridgehead atoms. The van der Waals surface area contributed by atoms with Gasteiger partial charge >= 0.3 is 0 Å². The SMILES string of the molecule is N#Cc1ccc(C(=O)N2CC(N3CCNCC3)C2)nc1. The van der Waals surface area contributed by atoms with E-state index >= 15 is 0 Å². The Balaban J connectivity index is 1.56. The predicted molar refractivity (Wildman–Crippen MR) is 73.1 cm³/mol. The van der Waals surface area contributed by atoms with E-state index in [1.807, 2.05) is 11.0 Å². The van der Waals surface area contributed by atoms with Crippen molar-refractivity contribution in [1.29, 1.82) is 5.26 Å². The van der Waals surface area contributed by atoms with E-state index < -0.39 is 0 Å². The zero-order chi connectivity index (χ0) is 13.9. The van der Waals surface area contributed by atoms with Crippen LogP contribution in [-0.4, -0.2) is 66.0 Å². The van der Waals surface area contributed by atoms with Gasteiger partial charge in [-0.3, -0.25) is 9.69 Å². The van der Waals surface area contributed by atoms with Crippen LogP contribution >= 0.6 is 0 Å². The number of nitrogens with one attached hydrogen (secondary N) is 1. The maximum absolute atomic E-state index is 12.2. The number of piperazine rings is 1. The number of carbonyl (C=O) groups excluding carboxylic acids is 1. The van der Waals surface area contributed by atoms with Gasteiger partial charge in [0.25, 0.3) is 5.91 Å². The minimum Gasteiger partial charge on any atom is -0.334 e. The summed E-state index contributed by atoms with van der Waals surface area (Å²) in [5, 5.41) is 12.0. The van der Waals surface area contributed by atoms with Gasteiger partial charge in [0, 0.05) is 51.5 Å². The van der Waals surface area contributed by atoms with Gasteiger partial charge in [-0.2, -0.15) is 5.26 Å². The van der Waals surface area contributed by atoms with Crippen molar-refractivity contribution >= 4 is 5.91 Å². The fraction of sp³-hybridized carbons (Fsp3) is 0.500. The van der Waals surface area contributed by atoms with Crippen LogP contribution in [-0.2, 0) is 0 Å². The molecule has 3 heterocycles. The van der Waals surface area contributed by atoms with E-state index in [0.717, 1.165) is 39.3 Å². The zero-order valence-electron chi connectivity index (χ0n) is 11.2. The molecule has 1 aromatic rings. The van der Waals surface area contributed by atoms with Crippen LogP contribution in [0.15, 0.2) is 18.3 Å². The molecule has 2 aliphatic heterocycles. The van der Waals surface area contributed by atoms with E-state index in [9.17, 15) is 4.79 Å². The van der Waals surface area contributed by atoms with Gasteiger partial charge in [-0.1, -0.05) is 0 Å². The lowest BCUT2D eigenvalue weighted by Crippen LogP contribution is -2.63. The fourth-order valence-corrected chi connectivity index (χ4v) is 2.65. The highest BCUT2D eigenvalue weighted by Crippen LogP contribution is 2.17. The van der Waals surface area contributed by atoms with Crippen LogP contribution in [0.1, 0.15) is 16.1 Å². The van der Waals surface area contributed by atoms with Crippen molar-refractivity contribution in [2.45, 2.75) is 6.04 Å². The molecule has 104 valence electrons. The molecule has 2 fully saturated rings. The number of nitrogens with zero attached hydrogens (tertiary/aromatic N) is 4. The summed E-state index contributed by atoms with van der Waals surface area (Å²) in [6, 6.07) is 5.74. The molecule has 1 aromatic heterocycles. The predicted octanol–water partition coefficient (Wildman–Crippen LogP) is -0.317. The third-order valence-electron chi connectivity index (χ3n) is 3.93. The Kier molecular flexibility index (Phi) is 3.63. The van der Waals surface area contributed by atoms with Gasteiger partial charge in [0.15, 0.2) is 0 Å². The molecule has 2 saturated heterocycles. The highest BCUT2D eigenvalue weighted by atomic mass is 16.2. The number of rotatable bonds is 2. The number of pyridine rings is 1. The maximum Gasteiger partial charge on any atom is 0.272 e. The van der Waals surface area contributed by atoms with Gasteiger partial charge in [-0.05, 0) is 12.1 Å². The van der Waals surface area contributed by atoms with Crippen molar-refractivity contribution < 1.29 is 4.79 Å². The first kappa shape index (κ1) is 13.0. The number of likely N-dealkylation sites (tertiary alicyclic amines) is 1. The molecule has 0 aliphatic carbocycles. The molecular formula is C14H17N5O. The Morgan fingerprint density at radius 3 is 2.70 bits per heavy atom. The second kappa shape index (κ2) is 5.57. The highest BCUT2D eigenvalue weighted by molar-refractivity contribution is 5.93. The van der Waals surface area contributed by atoms with Gasteiger partial charge in [0.2, 0.25) is 0 Å². The summed E-state index contributed by atoms with van der Waals surface area (Å²) in [6.07, 6.45) is 1.45. The molecule has 0 atom stereocenters. The minimum atomic E-state index is -0.0409. The molecule has 0 radical (unpaired) electrons. The van der Waals surface area contributed by atoms with Crippen LogP contribution in [0.25, 0.3) is 0 Å². The van der Waals surface area contributed by atoms with E-state index in [1.165, 1.54) is 6.20 Å². The summed E-state index contributed by atoms with van der Waals surface area (Å²) in [5.41, 5.74) is 0.895. The summed E-state index contributed by atoms with van der Waals surface area (Å²) in [7, 11) is 0. The molecule has 6 nitrogen and oxygen atoms in total. The van der Waals surface area contributed by atoms with Crippen LogP contribution in [0.2, 0.25) is 0 Å². The van der Waals surface area contributed by atoms with Gasteiger partial charge in [0.1, 0.15) is 11.8 Å². The van der Waals surface area contributed by atoms with Crippen LogP contribution in [0.3, 0.4) is 0 Å². The average molecular weight is 271 g/mol. The van der Waals surface area contributed by atoms with Crippen molar-refractivity contribution in [3.8, 4) is 6.07 Å². The highest BCUT2D eigenvalue weighted by Gasteiger charge is 2.35. The van der Waals surface area contributed by atoms with Crippen LogP contribution < -0.4 is 5.32 Å². The first-order chi connectivity index (χ1) is 9.78. The number of carbonyl (C=O) groups is 1. The second-order valence-electron chi connectivity index (χ2n) is 5.19. The first-order valence-corrected chi connectivity index (χ1v) is 6.88. The van der Waals surface area contributed by atoms with E-state index in [0.29, 0.717) is 17.3 Å². The maximum atomic E-state index is 12.2. The Labute approximate surface area is 118 Å². The molecular weight excluding hydrogens is 254 g/mol. The lowest BCUT2D eigenvalue weighted by molar-refractivity contribution is 0.0222. The largest absolute Gasteiger partial charge is 0.334 e. The monoisotopic (exact) mass is 271 g/mol. The smallest absolute Gasteiger partial charge is 0.272 e. The third kappa shape index (κ3) is 2.50. The first-order valence-electron chi connectivity index (χ1n) is 6.88. The van der Waals surface area contributed by atoms with Crippen molar-refractivity contribution in [3.05, 3.63) is 29.6 Å². The number of amides is 1. The van der Waals surface area contributed by atoms with E-state index in [2.05, 4.69) is 15.2 Å². The third-order valence-corrected chi connectivity index (χ3v) is 3.93. The van der Waals surface area contributed by atoms with E-state index in [1.54, 1.807) is 12.1 Å². The standard InChI is InChI=1S/C14H17N5O/c15-7-11-1-2-13(17-8-11)14(20)19-9-12(10-19)18-5-3-16-4-6-18/h1-2,8,12,16H,3-6,9-10H2. The fourth-order valence-electron chi connectivity index (χ4n) is 2.65. The normalized spacial score (nSPS) is 20.2. The number of hydrogen-bond acceptors (Lipinski definition) is 5. The topological polar surface area (TPSA) is 72.3 Å². The summed E-state index contributed by atoms with van der Waals surface area (Å²) in [5.74, 6) is -0.0409. The Morgan fingerprint density at radius 2 is 2.10 bits per heavy atom. The summed E-state index contributed by atoms with van der Waals surface area (Å²) < 4.78 is 0. The zero-order valence-corrected chi connectivity index (χ0v) is 11.2.